The van der Waals surface area contributed by atoms with E-state index in [1.54, 1.807) is 11.3 Å². The van der Waals surface area contributed by atoms with Crippen molar-refractivity contribution in [2.45, 2.75) is 19.8 Å². The van der Waals surface area contributed by atoms with Crippen LogP contribution in [0.1, 0.15) is 17.1 Å². The van der Waals surface area contributed by atoms with Gasteiger partial charge < -0.3 is 10.1 Å². The van der Waals surface area contributed by atoms with Crippen molar-refractivity contribution in [1.82, 2.24) is 10.3 Å². The maximum absolute atomic E-state index is 10.8. The van der Waals surface area contributed by atoms with E-state index in [4.69, 9.17) is 0 Å². The van der Waals surface area contributed by atoms with Gasteiger partial charge in [0.15, 0.2) is 0 Å². The third-order valence-corrected chi connectivity index (χ3v) is 2.78. The number of nitrogens with zero attached hydrogens (tertiary/aromatic N) is 1. The molecule has 0 amide bonds. The van der Waals surface area contributed by atoms with Crippen molar-refractivity contribution in [1.29, 1.82) is 0 Å². The van der Waals surface area contributed by atoms with Crippen molar-refractivity contribution >= 4 is 17.3 Å². The van der Waals surface area contributed by atoms with Gasteiger partial charge in [-0.15, -0.1) is 11.3 Å². The maximum atomic E-state index is 10.8. The van der Waals surface area contributed by atoms with Gasteiger partial charge in [0.05, 0.1) is 24.2 Å². The van der Waals surface area contributed by atoms with Gasteiger partial charge in [-0.2, -0.15) is 0 Å². The molecule has 0 aliphatic carbocycles. The summed E-state index contributed by atoms with van der Waals surface area (Å²) in [5.74, 6) is -0.174. The summed E-state index contributed by atoms with van der Waals surface area (Å²) in [6.45, 7) is 3.51. The van der Waals surface area contributed by atoms with E-state index in [0.717, 1.165) is 23.7 Å². The molecule has 1 heterocycles. The van der Waals surface area contributed by atoms with Gasteiger partial charge >= 0.3 is 5.97 Å². The van der Waals surface area contributed by atoms with Crippen LogP contribution in [0.2, 0.25) is 0 Å². The van der Waals surface area contributed by atoms with E-state index in [1.165, 1.54) is 7.11 Å². The van der Waals surface area contributed by atoms with Crippen molar-refractivity contribution in [2.75, 3.05) is 20.2 Å². The van der Waals surface area contributed by atoms with Gasteiger partial charge in [-0.1, -0.05) is 0 Å². The smallest absolute Gasteiger partial charge is 0.306 e. The quantitative estimate of drug-likeness (QED) is 0.586. The normalized spacial score (nSPS) is 10.3. The Balaban J connectivity index is 2.05. The van der Waals surface area contributed by atoms with Crippen molar-refractivity contribution in [2.24, 2.45) is 0 Å². The largest absolute Gasteiger partial charge is 0.469 e. The van der Waals surface area contributed by atoms with E-state index < -0.39 is 0 Å². The summed E-state index contributed by atoms with van der Waals surface area (Å²) in [5, 5.41) is 6.34. The van der Waals surface area contributed by atoms with Gasteiger partial charge in [-0.25, -0.2) is 4.98 Å². The van der Waals surface area contributed by atoms with Crippen LogP contribution < -0.4 is 5.32 Å². The number of ether oxygens (including phenoxy) is 1. The van der Waals surface area contributed by atoms with Gasteiger partial charge in [0, 0.05) is 24.9 Å². The second kappa shape index (κ2) is 6.53. The summed E-state index contributed by atoms with van der Waals surface area (Å²) < 4.78 is 4.53. The lowest BCUT2D eigenvalue weighted by Crippen LogP contribution is -2.21. The first-order valence-corrected chi connectivity index (χ1v) is 5.79. The number of carbonyl (C=O) groups is 1. The van der Waals surface area contributed by atoms with Crippen LogP contribution in [-0.4, -0.2) is 31.2 Å². The molecule has 0 aliphatic rings. The molecule has 1 N–H and O–H groups in total. The Bertz CT molecular complexity index is 312. The first-order valence-electron chi connectivity index (χ1n) is 4.91. The summed E-state index contributed by atoms with van der Waals surface area (Å²) in [4.78, 5) is 15.1. The van der Waals surface area contributed by atoms with Crippen molar-refractivity contribution in [3.63, 3.8) is 0 Å². The third-order valence-electron chi connectivity index (χ3n) is 1.96. The van der Waals surface area contributed by atoms with E-state index in [1.807, 2.05) is 6.92 Å². The number of aromatic nitrogens is 1. The van der Waals surface area contributed by atoms with E-state index in [2.05, 4.69) is 20.4 Å². The van der Waals surface area contributed by atoms with Crippen molar-refractivity contribution < 1.29 is 9.53 Å². The number of carbonyl (C=O) groups excluding carboxylic acids is 1. The lowest BCUT2D eigenvalue weighted by molar-refractivity contribution is -0.140. The van der Waals surface area contributed by atoms with Crippen LogP contribution in [0, 0.1) is 6.92 Å². The molecule has 0 fully saturated rings. The molecular formula is C10H16N2O2S. The monoisotopic (exact) mass is 228 g/mol. The van der Waals surface area contributed by atoms with Gasteiger partial charge in [-0.05, 0) is 6.92 Å². The highest BCUT2D eigenvalue weighted by Crippen LogP contribution is 2.07. The fraction of sp³-hybridized carbons (Fsp3) is 0.600. The molecule has 0 aliphatic heterocycles. The van der Waals surface area contributed by atoms with Crippen molar-refractivity contribution in [3.8, 4) is 0 Å². The summed E-state index contributed by atoms with van der Waals surface area (Å²) in [7, 11) is 1.40. The Kier molecular flexibility index (Phi) is 5.28. The van der Waals surface area contributed by atoms with E-state index >= 15 is 0 Å². The minimum Gasteiger partial charge on any atom is -0.469 e. The number of nitrogens with one attached hydrogen (secondary N) is 1. The molecule has 0 saturated carbocycles. The Hall–Kier alpha value is -0.940. The molecule has 0 aromatic carbocycles. The molecular weight excluding hydrogens is 212 g/mol. The number of aryl methyl sites for hydroxylation is 1. The topological polar surface area (TPSA) is 51.2 Å². The standard InChI is InChI=1S/C10H16N2O2S/c1-8-12-9(7-15-8)3-5-11-6-4-10(13)14-2/h7,11H,3-6H2,1-2H3. The first-order chi connectivity index (χ1) is 7.22. The predicted octanol–water partition coefficient (Wildman–Crippen LogP) is 1.15. The summed E-state index contributed by atoms with van der Waals surface area (Å²) >= 11 is 1.66. The lowest BCUT2D eigenvalue weighted by atomic mass is 10.3. The van der Waals surface area contributed by atoms with Crippen LogP contribution in [0.4, 0.5) is 0 Å². The molecule has 15 heavy (non-hydrogen) atoms. The number of hydrogen-bond donors (Lipinski definition) is 1. The summed E-state index contributed by atoms with van der Waals surface area (Å²) in [6, 6.07) is 0. The highest BCUT2D eigenvalue weighted by Gasteiger charge is 2.00. The van der Waals surface area contributed by atoms with Crippen LogP contribution in [0.15, 0.2) is 5.38 Å². The molecule has 0 bridgehead atoms. The van der Waals surface area contributed by atoms with E-state index in [-0.39, 0.29) is 5.97 Å². The van der Waals surface area contributed by atoms with Crippen LogP contribution >= 0.6 is 11.3 Å². The zero-order valence-corrected chi connectivity index (χ0v) is 9.89. The fourth-order valence-electron chi connectivity index (χ4n) is 1.16. The molecule has 1 aromatic rings. The third kappa shape index (κ3) is 4.90. The van der Waals surface area contributed by atoms with Crippen molar-refractivity contribution in [3.05, 3.63) is 16.1 Å². The number of esters is 1. The minimum absolute atomic E-state index is 0.174. The Labute approximate surface area is 93.7 Å². The molecule has 5 heteroatoms. The number of rotatable bonds is 6. The second-order valence-corrected chi connectivity index (χ2v) is 4.25. The predicted molar refractivity (Wildman–Crippen MR) is 60.1 cm³/mol. The second-order valence-electron chi connectivity index (χ2n) is 3.18. The zero-order chi connectivity index (χ0) is 11.1. The van der Waals surface area contributed by atoms with Gasteiger partial charge in [-0.3, -0.25) is 4.79 Å². The summed E-state index contributed by atoms with van der Waals surface area (Å²) in [6.07, 6.45) is 1.33. The van der Waals surface area contributed by atoms with Crippen LogP contribution in [0.5, 0.6) is 0 Å². The van der Waals surface area contributed by atoms with Crippen LogP contribution in [-0.2, 0) is 16.0 Å². The van der Waals surface area contributed by atoms with E-state index in [0.29, 0.717) is 13.0 Å². The molecule has 1 aromatic heterocycles. The number of hydrogen-bond acceptors (Lipinski definition) is 5. The van der Waals surface area contributed by atoms with E-state index in [9.17, 15) is 4.79 Å². The molecule has 84 valence electrons. The Morgan fingerprint density at radius 3 is 3.00 bits per heavy atom. The Morgan fingerprint density at radius 2 is 2.40 bits per heavy atom. The number of methoxy groups -OCH3 is 1. The maximum Gasteiger partial charge on any atom is 0.306 e. The zero-order valence-electron chi connectivity index (χ0n) is 9.08. The molecule has 0 atom stereocenters. The lowest BCUT2D eigenvalue weighted by Gasteiger charge is -2.01. The average Bonchev–Trinajstić information content (AvgIpc) is 2.63. The van der Waals surface area contributed by atoms with Gasteiger partial charge in [0.1, 0.15) is 0 Å². The molecule has 0 saturated heterocycles. The fourth-order valence-corrected chi connectivity index (χ4v) is 1.80. The molecule has 4 nitrogen and oxygen atoms in total. The number of thiazole rings is 1. The molecule has 1 rings (SSSR count). The van der Waals surface area contributed by atoms with Crippen LogP contribution in [0.3, 0.4) is 0 Å². The highest BCUT2D eigenvalue weighted by molar-refractivity contribution is 7.09. The van der Waals surface area contributed by atoms with Gasteiger partial charge in [0.25, 0.3) is 0 Å². The molecule has 0 spiro atoms. The SMILES string of the molecule is COC(=O)CCNCCc1csc(C)n1. The summed E-state index contributed by atoms with van der Waals surface area (Å²) in [5.41, 5.74) is 1.11. The highest BCUT2D eigenvalue weighted by atomic mass is 32.1. The Morgan fingerprint density at radius 1 is 1.60 bits per heavy atom. The minimum atomic E-state index is -0.174. The molecule has 0 radical (unpaired) electrons. The van der Waals surface area contributed by atoms with Crippen LogP contribution in [0.25, 0.3) is 0 Å². The molecule has 0 unspecified atom stereocenters. The first kappa shape index (κ1) is 12.1. The van der Waals surface area contributed by atoms with Gasteiger partial charge in [0.2, 0.25) is 0 Å². The average molecular weight is 228 g/mol.